The number of aromatic nitrogens is 1. The number of nitrogen functional groups attached to an aromatic ring is 1. The summed E-state index contributed by atoms with van der Waals surface area (Å²) in [6, 6.07) is 22.8. The molecule has 1 saturated heterocycles. The summed E-state index contributed by atoms with van der Waals surface area (Å²) in [4.78, 5) is 46.0. The van der Waals surface area contributed by atoms with E-state index in [9.17, 15) is 24.0 Å². The lowest BCUT2D eigenvalue weighted by atomic mass is 10.0. The van der Waals surface area contributed by atoms with Crippen molar-refractivity contribution in [1.29, 1.82) is 0 Å². The van der Waals surface area contributed by atoms with Gasteiger partial charge >= 0.3 is 5.97 Å². The highest BCUT2D eigenvalue weighted by Gasteiger charge is 2.55. The number of nitrogens with two attached hydrogens (primary N) is 1. The number of amides is 2. The lowest BCUT2D eigenvalue weighted by molar-refractivity contribution is -0.154. The summed E-state index contributed by atoms with van der Waals surface area (Å²) in [7, 11) is 0. The molecular weight excluding hydrogens is 634 g/mol. The van der Waals surface area contributed by atoms with E-state index >= 15 is 0 Å². The summed E-state index contributed by atoms with van der Waals surface area (Å²) < 4.78 is 25.5. The molecule has 14 heteroatoms. The second-order valence-electron chi connectivity index (χ2n) is 10.2. The molecule has 6 rings (SSSR count). The van der Waals surface area contributed by atoms with Gasteiger partial charge < -0.3 is 25.7 Å². The van der Waals surface area contributed by atoms with Crippen molar-refractivity contribution in [1.82, 2.24) is 15.2 Å². The number of ether oxygens (including phenoxy) is 2. The number of β-lactam (4-membered cyclic amide) rings is 1. The van der Waals surface area contributed by atoms with Crippen LogP contribution in [0.5, 0.6) is 5.75 Å². The molecule has 234 valence electrons. The van der Waals surface area contributed by atoms with Gasteiger partial charge in [0.15, 0.2) is 16.9 Å². The fraction of sp³-hybridized carbons (Fsp3) is 0.156. The Morgan fingerprint density at radius 1 is 1.07 bits per heavy atom. The second kappa shape index (κ2) is 13.4. The molecule has 3 heterocycles. The van der Waals surface area contributed by atoms with Crippen LogP contribution in [0.2, 0.25) is 0 Å². The summed E-state index contributed by atoms with van der Waals surface area (Å²) >= 11 is 2.37. The monoisotopic (exact) mass is 659 g/mol. The SMILES string of the molecule is Nc1nc(/C(=N/O)C(=O)NC2C(=O)N3C(C(=O)OC(c4ccccc4)c4ccccc4)=C(COc4ccc(F)cc4)CS[C@H]23)cs1. The number of carbonyl (C=O) groups excluding carboxylic acids is 3. The van der Waals surface area contributed by atoms with E-state index in [0.29, 0.717) is 11.3 Å². The number of nitrogens with one attached hydrogen (secondary N) is 1. The number of rotatable bonds is 10. The second-order valence-corrected chi connectivity index (χ2v) is 12.2. The van der Waals surface area contributed by atoms with Gasteiger partial charge in [0.25, 0.3) is 11.8 Å². The molecule has 0 spiro atoms. The van der Waals surface area contributed by atoms with Gasteiger partial charge in [-0.2, -0.15) is 0 Å². The zero-order valence-corrected chi connectivity index (χ0v) is 25.5. The molecule has 3 aromatic carbocycles. The van der Waals surface area contributed by atoms with Gasteiger partial charge in [-0.1, -0.05) is 65.8 Å². The molecule has 1 aromatic heterocycles. The summed E-state index contributed by atoms with van der Waals surface area (Å²) in [5.41, 5.74) is 7.24. The summed E-state index contributed by atoms with van der Waals surface area (Å²) in [5, 5.41) is 16.1. The van der Waals surface area contributed by atoms with Gasteiger partial charge in [-0.3, -0.25) is 14.5 Å². The third-order valence-corrected chi connectivity index (χ3v) is 9.28. The van der Waals surface area contributed by atoms with Crippen molar-refractivity contribution in [3.63, 3.8) is 0 Å². The number of hydrogen-bond acceptors (Lipinski definition) is 11. The van der Waals surface area contributed by atoms with E-state index in [0.717, 1.165) is 22.5 Å². The van der Waals surface area contributed by atoms with E-state index in [1.807, 2.05) is 60.7 Å². The quantitative estimate of drug-likeness (QED) is 0.0750. The first-order valence-corrected chi connectivity index (χ1v) is 15.9. The third-order valence-electron chi connectivity index (χ3n) is 7.26. The molecule has 0 saturated carbocycles. The van der Waals surface area contributed by atoms with Crippen LogP contribution >= 0.6 is 23.1 Å². The van der Waals surface area contributed by atoms with Crippen LogP contribution in [0.1, 0.15) is 22.9 Å². The number of oxime groups is 1. The van der Waals surface area contributed by atoms with E-state index in [2.05, 4.69) is 15.5 Å². The van der Waals surface area contributed by atoms with Gasteiger partial charge in [0, 0.05) is 16.7 Å². The highest BCUT2D eigenvalue weighted by molar-refractivity contribution is 8.00. The average molecular weight is 660 g/mol. The molecule has 46 heavy (non-hydrogen) atoms. The lowest BCUT2D eigenvalue weighted by Gasteiger charge is -2.49. The Hall–Kier alpha value is -5.21. The van der Waals surface area contributed by atoms with Crippen molar-refractivity contribution < 1.29 is 33.5 Å². The van der Waals surface area contributed by atoms with E-state index in [-0.39, 0.29) is 28.9 Å². The van der Waals surface area contributed by atoms with Crippen LogP contribution in [0.4, 0.5) is 9.52 Å². The first kappa shape index (κ1) is 30.8. The van der Waals surface area contributed by atoms with Crippen molar-refractivity contribution in [2.75, 3.05) is 18.1 Å². The molecule has 0 aliphatic carbocycles. The van der Waals surface area contributed by atoms with Crippen LogP contribution in [-0.2, 0) is 19.1 Å². The van der Waals surface area contributed by atoms with E-state index in [1.54, 1.807) is 0 Å². The van der Waals surface area contributed by atoms with Crippen molar-refractivity contribution >= 4 is 51.7 Å². The molecule has 0 radical (unpaired) electrons. The number of benzene rings is 3. The van der Waals surface area contributed by atoms with Crippen molar-refractivity contribution in [2.45, 2.75) is 17.5 Å². The minimum Gasteiger partial charge on any atom is -0.489 e. The van der Waals surface area contributed by atoms with Gasteiger partial charge in [0.1, 0.15) is 41.0 Å². The number of thioether (sulfide) groups is 1. The maximum atomic E-state index is 14.1. The molecule has 2 aliphatic heterocycles. The summed E-state index contributed by atoms with van der Waals surface area (Å²) in [5.74, 6) is -1.95. The normalized spacial score (nSPS) is 17.7. The number of hydrogen-bond donors (Lipinski definition) is 3. The Balaban J connectivity index is 1.28. The predicted octanol–water partition coefficient (Wildman–Crippen LogP) is 4.11. The predicted molar refractivity (Wildman–Crippen MR) is 170 cm³/mol. The van der Waals surface area contributed by atoms with Crippen LogP contribution in [0, 0.1) is 5.82 Å². The van der Waals surface area contributed by atoms with E-state index < -0.39 is 46.8 Å². The van der Waals surface area contributed by atoms with Crippen LogP contribution in [0.15, 0.2) is 107 Å². The van der Waals surface area contributed by atoms with Crippen molar-refractivity contribution in [3.05, 3.63) is 124 Å². The molecule has 4 N–H and O–H groups in total. The van der Waals surface area contributed by atoms with E-state index in [4.69, 9.17) is 15.2 Å². The third kappa shape index (κ3) is 6.30. The van der Waals surface area contributed by atoms with Crippen LogP contribution in [0.25, 0.3) is 0 Å². The van der Waals surface area contributed by atoms with Gasteiger partial charge in [-0.05, 0) is 35.4 Å². The van der Waals surface area contributed by atoms with Crippen LogP contribution in [-0.4, -0.2) is 62.4 Å². The number of carbonyl (C=O) groups is 3. The first-order chi connectivity index (χ1) is 22.3. The zero-order valence-electron chi connectivity index (χ0n) is 23.9. The number of fused-ring (bicyclic) bond motifs is 1. The van der Waals surface area contributed by atoms with Crippen molar-refractivity contribution in [3.8, 4) is 5.75 Å². The molecule has 2 atom stereocenters. The summed E-state index contributed by atoms with van der Waals surface area (Å²) in [6.45, 7) is -0.0789. The molecule has 11 nitrogen and oxygen atoms in total. The van der Waals surface area contributed by atoms with Gasteiger partial charge in [0.2, 0.25) is 0 Å². The summed E-state index contributed by atoms with van der Waals surface area (Å²) in [6.07, 6.45) is -0.782. The zero-order chi connectivity index (χ0) is 32.2. The molecule has 2 amide bonds. The molecule has 1 fully saturated rings. The smallest absolute Gasteiger partial charge is 0.356 e. The molecule has 4 aromatic rings. The molecule has 1 unspecified atom stereocenters. The molecular formula is C32H26FN5O6S2. The fourth-order valence-electron chi connectivity index (χ4n) is 5.05. The Labute approximate surface area is 270 Å². The highest BCUT2D eigenvalue weighted by Crippen LogP contribution is 2.42. The topological polar surface area (TPSA) is 156 Å². The standard InChI is InChI=1S/C32H26FN5O6S2/c33-21-11-13-22(14-12-21)43-15-20-16-45-30-25(36-28(39)24(37-42)23-17-46-32(34)35-23)29(40)38(30)26(20)31(41)44-27(18-7-3-1-4-8-18)19-9-5-2-6-10-19/h1-14,17,25,27,30,42H,15-16H2,(H2,34,35)(H,36,39)/b37-24-/t25?,30-/m1/s1. The highest BCUT2D eigenvalue weighted by atomic mass is 32.2. The Bertz CT molecular complexity index is 1780. The number of thiazole rings is 1. The Kier molecular flexibility index (Phi) is 8.99. The number of halogens is 1. The number of esters is 1. The van der Waals surface area contributed by atoms with E-state index in [1.165, 1.54) is 46.3 Å². The van der Waals surface area contributed by atoms with Gasteiger partial charge in [0.05, 0.1) is 0 Å². The van der Waals surface area contributed by atoms with Gasteiger partial charge in [-0.25, -0.2) is 14.2 Å². The van der Waals surface area contributed by atoms with Crippen LogP contribution in [0.3, 0.4) is 0 Å². The fourth-order valence-corrected chi connectivity index (χ4v) is 6.93. The van der Waals surface area contributed by atoms with Crippen LogP contribution < -0.4 is 15.8 Å². The Morgan fingerprint density at radius 2 is 1.72 bits per heavy atom. The number of nitrogens with zero attached hydrogens (tertiary/aromatic N) is 3. The molecule has 0 bridgehead atoms. The minimum atomic E-state index is -1.04. The molecule has 2 aliphatic rings. The Morgan fingerprint density at radius 3 is 2.30 bits per heavy atom. The maximum absolute atomic E-state index is 14.1. The number of anilines is 1. The minimum absolute atomic E-state index is 0.00143. The van der Waals surface area contributed by atoms with Crippen molar-refractivity contribution in [2.24, 2.45) is 5.16 Å². The average Bonchev–Trinajstić information content (AvgIpc) is 3.51. The van der Waals surface area contributed by atoms with Gasteiger partial charge in [-0.15, -0.1) is 23.1 Å². The lowest BCUT2D eigenvalue weighted by Crippen LogP contribution is -2.71. The maximum Gasteiger partial charge on any atom is 0.356 e. The first-order valence-electron chi connectivity index (χ1n) is 13.9. The largest absolute Gasteiger partial charge is 0.489 e.